The molecule has 2 nitrogen and oxygen atoms in total. The SMILES string of the molecule is CC(C)NCCN(C)C(C)c1ccccc1Cl. The minimum atomic E-state index is 0.345. The van der Waals surface area contributed by atoms with E-state index in [-0.39, 0.29) is 0 Å². The summed E-state index contributed by atoms with van der Waals surface area (Å²) in [7, 11) is 2.13. The number of likely N-dealkylation sites (N-methyl/N-ethyl adjacent to an activating group) is 1. The van der Waals surface area contributed by atoms with Crippen molar-refractivity contribution in [1.29, 1.82) is 0 Å². The van der Waals surface area contributed by atoms with Gasteiger partial charge in [0.15, 0.2) is 0 Å². The summed E-state index contributed by atoms with van der Waals surface area (Å²) in [5, 5.41) is 4.27. The molecular formula is C14H23ClN2. The zero-order valence-electron chi connectivity index (χ0n) is 11.2. The van der Waals surface area contributed by atoms with Gasteiger partial charge in [-0.15, -0.1) is 0 Å². The molecule has 0 heterocycles. The Bertz CT molecular complexity index is 339. The van der Waals surface area contributed by atoms with Crippen molar-refractivity contribution in [2.24, 2.45) is 0 Å². The molecule has 0 radical (unpaired) electrons. The van der Waals surface area contributed by atoms with Crippen molar-refractivity contribution >= 4 is 11.6 Å². The second kappa shape index (κ2) is 7.00. The van der Waals surface area contributed by atoms with Gasteiger partial charge in [0.05, 0.1) is 0 Å². The fraction of sp³-hybridized carbons (Fsp3) is 0.571. The first-order valence-corrected chi connectivity index (χ1v) is 6.58. The Morgan fingerprint density at radius 1 is 1.24 bits per heavy atom. The third kappa shape index (κ3) is 4.66. The van der Waals surface area contributed by atoms with Gasteiger partial charge in [0.1, 0.15) is 0 Å². The second-order valence-corrected chi connectivity index (χ2v) is 5.19. The van der Waals surface area contributed by atoms with Gasteiger partial charge < -0.3 is 5.32 Å². The van der Waals surface area contributed by atoms with Crippen molar-refractivity contribution in [2.45, 2.75) is 32.9 Å². The molecule has 17 heavy (non-hydrogen) atoms. The predicted molar refractivity (Wildman–Crippen MR) is 75.6 cm³/mol. The van der Waals surface area contributed by atoms with Gasteiger partial charge in [-0.25, -0.2) is 0 Å². The predicted octanol–water partition coefficient (Wildman–Crippen LogP) is 3.33. The van der Waals surface area contributed by atoms with Crippen LogP contribution in [-0.2, 0) is 0 Å². The van der Waals surface area contributed by atoms with Gasteiger partial charge in [0.2, 0.25) is 0 Å². The van der Waals surface area contributed by atoms with Crippen LogP contribution in [0, 0.1) is 0 Å². The van der Waals surface area contributed by atoms with E-state index in [0.29, 0.717) is 12.1 Å². The van der Waals surface area contributed by atoms with E-state index in [0.717, 1.165) is 18.1 Å². The first kappa shape index (κ1) is 14.5. The fourth-order valence-electron chi connectivity index (χ4n) is 1.77. The molecule has 0 aliphatic carbocycles. The molecule has 0 saturated heterocycles. The number of hydrogen-bond donors (Lipinski definition) is 1. The average Bonchev–Trinajstić information content (AvgIpc) is 2.28. The number of nitrogens with one attached hydrogen (secondary N) is 1. The van der Waals surface area contributed by atoms with Crippen molar-refractivity contribution in [2.75, 3.05) is 20.1 Å². The second-order valence-electron chi connectivity index (χ2n) is 4.79. The summed E-state index contributed by atoms with van der Waals surface area (Å²) in [6, 6.07) is 8.95. The molecule has 0 aliphatic heterocycles. The summed E-state index contributed by atoms with van der Waals surface area (Å²) in [6.07, 6.45) is 0. The highest BCUT2D eigenvalue weighted by Gasteiger charge is 2.13. The van der Waals surface area contributed by atoms with E-state index < -0.39 is 0 Å². The van der Waals surface area contributed by atoms with Crippen LogP contribution in [0.25, 0.3) is 0 Å². The number of rotatable bonds is 6. The average molecular weight is 255 g/mol. The molecule has 1 aromatic rings. The molecule has 1 atom stereocenters. The summed E-state index contributed by atoms with van der Waals surface area (Å²) in [6.45, 7) is 8.54. The summed E-state index contributed by atoms with van der Waals surface area (Å²) in [5.41, 5.74) is 1.20. The number of halogens is 1. The first-order chi connectivity index (χ1) is 8.02. The van der Waals surface area contributed by atoms with E-state index in [1.165, 1.54) is 5.56 Å². The number of benzene rings is 1. The summed E-state index contributed by atoms with van der Waals surface area (Å²) in [4.78, 5) is 2.32. The van der Waals surface area contributed by atoms with E-state index in [1.54, 1.807) is 0 Å². The van der Waals surface area contributed by atoms with Crippen LogP contribution >= 0.6 is 11.6 Å². The molecule has 1 rings (SSSR count). The van der Waals surface area contributed by atoms with Crippen LogP contribution in [0.1, 0.15) is 32.4 Å². The van der Waals surface area contributed by atoms with Crippen molar-refractivity contribution in [3.05, 3.63) is 34.9 Å². The van der Waals surface area contributed by atoms with E-state index in [4.69, 9.17) is 11.6 Å². The first-order valence-electron chi connectivity index (χ1n) is 6.20. The molecule has 3 heteroatoms. The maximum Gasteiger partial charge on any atom is 0.0453 e. The molecule has 0 spiro atoms. The Morgan fingerprint density at radius 3 is 2.47 bits per heavy atom. The van der Waals surface area contributed by atoms with E-state index in [2.05, 4.69) is 44.1 Å². The van der Waals surface area contributed by atoms with Gasteiger partial charge >= 0.3 is 0 Å². The molecule has 0 aromatic heterocycles. The van der Waals surface area contributed by atoms with Crippen LogP contribution in [0.15, 0.2) is 24.3 Å². The van der Waals surface area contributed by atoms with Gasteiger partial charge in [0, 0.05) is 30.2 Å². The van der Waals surface area contributed by atoms with Gasteiger partial charge in [-0.3, -0.25) is 4.90 Å². The molecule has 96 valence electrons. The summed E-state index contributed by atoms with van der Waals surface area (Å²) >= 11 is 6.21. The Hall–Kier alpha value is -0.570. The smallest absolute Gasteiger partial charge is 0.0453 e. The summed E-state index contributed by atoms with van der Waals surface area (Å²) < 4.78 is 0. The highest BCUT2D eigenvalue weighted by molar-refractivity contribution is 6.31. The maximum absolute atomic E-state index is 6.21. The third-order valence-corrected chi connectivity index (χ3v) is 3.38. The zero-order chi connectivity index (χ0) is 12.8. The quantitative estimate of drug-likeness (QED) is 0.838. The van der Waals surface area contributed by atoms with Gasteiger partial charge in [-0.2, -0.15) is 0 Å². The van der Waals surface area contributed by atoms with E-state index >= 15 is 0 Å². The highest BCUT2D eigenvalue weighted by Crippen LogP contribution is 2.25. The lowest BCUT2D eigenvalue weighted by Crippen LogP contribution is -2.34. The largest absolute Gasteiger partial charge is 0.313 e. The minimum absolute atomic E-state index is 0.345. The van der Waals surface area contributed by atoms with Crippen LogP contribution in [0.2, 0.25) is 5.02 Å². The molecule has 1 unspecified atom stereocenters. The Kier molecular flexibility index (Phi) is 5.96. The Labute approximate surface area is 110 Å². The number of nitrogens with zero attached hydrogens (tertiary/aromatic N) is 1. The molecule has 0 amide bonds. The molecule has 0 saturated carbocycles. The van der Waals surface area contributed by atoms with Crippen LogP contribution in [0.4, 0.5) is 0 Å². The topological polar surface area (TPSA) is 15.3 Å². The van der Waals surface area contributed by atoms with Gasteiger partial charge in [-0.1, -0.05) is 43.6 Å². The lowest BCUT2D eigenvalue weighted by molar-refractivity contribution is 0.259. The van der Waals surface area contributed by atoms with Crippen LogP contribution < -0.4 is 5.32 Å². The van der Waals surface area contributed by atoms with Crippen LogP contribution in [0.5, 0.6) is 0 Å². The lowest BCUT2D eigenvalue weighted by Gasteiger charge is -2.26. The van der Waals surface area contributed by atoms with Crippen molar-refractivity contribution in [3.8, 4) is 0 Å². The van der Waals surface area contributed by atoms with Crippen LogP contribution in [0.3, 0.4) is 0 Å². The van der Waals surface area contributed by atoms with E-state index in [1.807, 2.05) is 18.2 Å². The third-order valence-electron chi connectivity index (χ3n) is 3.03. The lowest BCUT2D eigenvalue weighted by atomic mass is 10.1. The Balaban J connectivity index is 2.52. The molecule has 1 aromatic carbocycles. The minimum Gasteiger partial charge on any atom is -0.313 e. The van der Waals surface area contributed by atoms with Crippen molar-refractivity contribution in [3.63, 3.8) is 0 Å². The maximum atomic E-state index is 6.21. The number of hydrogen-bond acceptors (Lipinski definition) is 2. The van der Waals surface area contributed by atoms with Crippen LogP contribution in [-0.4, -0.2) is 31.1 Å². The summed E-state index contributed by atoms with van der Waals surface area (Å²) in [5.74, 6) is 0. The normalized spacial score (nSPS) is 13.4. The molecule has 0 aliphatic rings. The molecule has 0 bridgehead atoms. The van der Waals surface area contributed by atoms with Crippen molar-refractivity contribution < 1.29 is 0 Å². The molecule has 1 N–H and O–H groups in total. The Morgan fingerprint density at radius 2 is 1.88 bits per heavy atom. The molecular weight excluding hydrogens is 232 g/mol. The van der Waals surface area contributed by atoms with E-state index in [9.17, 15) is 0 Å². The van der Waals surface area contributed by atoms with Crippen molar-refractivity contribution in [1.82, 2.24) is 10.2 Å². The molecule has 0 fully saturated rings. The monoisotopic (exact) mass is 254 g/mol. The fourth-order valence-corrected chi connectivity index (χ4v) is 2.07. The highest BCUT2D eigenvalue weighted by atomic mass is 35.5. The van der Waals surface area contributed by atoms with Gasteiger partial charge in [-0.05, 0) is 25.6 Å². The van der Waals surface area contributed by atoms with Gasteiger partial charge in [0.25, 0.3) is 0 Å². The standard InChI is InChI=1S/C14H23ClN2/c1-11(2)16-9-10-17(4)12(3)13-7-5-6-8-14(13)15/h5-8,11-12,16H,9-10H2,1-4H3. The zero-order valence-corrected chi connectivity index (χ0v) is 12.0.